The summed E-state index contributed by atoms with van der Waals surface area (Å²) in [5.41, 5.74) is 0. The summed E-state index contributed by atoms with van der Waals surface area (Å²) >= 11 is 0. The highest BCUT2D eigenvalue weighted by Crippen LogP contribution is 1.89. The van der Waals surface area contributed by atoms with Crippen LogP contribution in [0.1, 0.15) is 0 Å². The summed E-state index contributed by atoms with van der Waals surface area (Å²) < 4.78 is 5.10. The van der Waals surface area contributed by atoms with Crippen molar-refractivity contribution < 1.29 is 9.94 Å². The molecular formula is C7H18N2O2. The summed E-state index contributed by atoms with van der Waals surface area (Å²) in [6, 6.07) is 0. The number of hydroxylamine groups is 2. The van der Waals surface area contributed by atoms with Gasteiger partial charge < -0.3 is 14.8 Å². The van der Waals surface area contributed by atoms with Gasteiger partial charge in [0.15, 0.2) is 0 Å². The molecule has 0 unspecified atom stereocenters. The summed E-state index contributed by atoms with van der Waals surface area (Å²) in [6.45, 7) is 4.02. The molecule has 0 bridgehead atoms. The monoisotopic (exact) mass is 162 g/mol. The van der Waals surface area contributed by atoms with E-state index in [9.17, 15) is 0 Å². The SMILES string of the molecule is CN(C)O.CN1CCOCC1. The van der Waals surface area contributed by atoms with E-state index in [1.54, 1.807) is 14.1 Å². The second-order valence-electron chi connectivity index (χ2n) is 2.76. The van der Waals surface area contributed by atoms with Gasteiger partial charge in [-0.25, -0.2) is 0 Å². The van der Waals surface area contributed by atoms with E-state index in [2.05, 4.69) is 11.9 Å². The number of likely N-dealkylation sites (N-methyl/N-ethyl adjacent to an activating group) is 1. The van der Waals surface area contributed by atoms with E-state index >= 15 is 0 Å². The second-order valence-corrected chi connectivity index (χ2v) is 2.76. The van der Waals surface area contributed by atoms with Crippen molar-refractivity contribution in [2.24, 2.45) is 0 Å². The Bertz CT molecular complexity index is 79.8. The first kappa shape index (κ1) is 10.8. The number of hydrogen-bond acceptors (Lipinski definition) is 4. The standard InChI is InChI=1S/C5H11NO.C2H7NO/c1-6-2-4-7-5-3-6;1-3(2)4/h2-5H2,1H3;4H,1-2H3. The molecule has 68 valence electrons. The van der Waals surface area contributed by atoms with Crippen LogP contribution in [0.4, 0.5) is 0 Å². The molecule has 11 heavy (non-hydrogen) atoms. The molecule has 1 heterocycles. The highest BCUT2D eigenvalue weighted by atomic mass is 16.5. The fourth-order valence-corrected chi connectivity index (χ4v) is 0.655. The lowest BCUT2D eigenvalue weighted by Crippen LogP contribution is -2.32. The van der Waals surface area contributed by atoms with E-state index in [-0.39, 0.29) is 0 Å². The molecule has 1 aliphatic heterocycles. The van der Waals surface area contributed by atoms with Gasteiger partial charge in [-0.3, -0.25) is 0 Å². The largest absolute Gasteiger partial charge is 0.379 e. The molecule has 0 aromatic carbocycles. The van der Waals surface area contributed by atoms with Gasteiger partial charge in [-0.2, -0.15) is 5.06 Å². The summed E-state index contributed by atoms with van der Waals surface area (Å²) in [6.07, 6.45) is 0. The van der Waals surface area contributed by atoms with Crippen LogP contribution in [0.25, 0.3) is 0 Å². The van der Waals surface area contributed by atoms with Gasteiger partial charge in [0, 0.05) is 27.2 Å². The summed E-state index contributed by atoms with van der Waals surface area (Å²) in [4.78, 5) is 2.27. The fraction of sp³-hybridized carbons (Fsp3) is 1.00. The Kier molecular flexibility index (Phi) is 6.45. The van der Waals surface area contributed by atoms with Gasteiger partial charge in [0.25, 0.3) is 0 Å². The molecule has 0 aromatic heterocycles. The zero-order chi connectivity index (χ0) is 8.69. The van der Waals surface area contributed by atoms with Crippen molar-refractivity contribution in [3.63, 3.8) is 0 Å². The van der Waals surface area contributed by atoms with E-state index < -0.39 is 0 Å². The molecule has 1 N–H and O–H groups in total. The van der Waals surface area contributed by atoms with Crippen molar-refractivity contribution >= 4 is 0 Å². The van der Waals surface area contributed by atoms with Crippen molar-refractivity contribution in [2.45, 2.75) is 0 Å². The molecule has 0 aromatic rings. The minimum atomic E-state index is 0.913. The molecule has 0 aliphatic carbocycles. The minimum Gasteiger partial charge on any atom is -0.379 e. The lowest BCUT2D eigenvalue weighted by Gasteiger charge is -2.21. The molecule has 0 spiro atoms. The fourth-order valence-electron chi connectivity index (χ4n) is 0.655. The smallest absolute Gasteiger partial charge is 0.0594 e. The molecular weight excluding hydrogens is 144 g/mol. The topological polar surface area (TPSA) is 35.9 Å². The number of nitrogens with zero attached hydrogens (tertiary/aromatic N) is 2. The van der Waals surface area contributed by atoms with Crippen LogP contribution in [-0.4, -0.2) is 62.6 Å². The minimum absolute atomic E-state index is 0.913. The van der Waals surface area contributed by atoms with Crippen LogP contribution in [0.3, 0.4) is 0 Å². The van der Waals surface area contributed by atoms with Crippen LogP contribution in [0, 0.1) is 0 Å². The number of morpholine rings is 1. The average Bonchev–Trinajstić information content (AvgIpc) is 1.87. The Labute approximate surface area is 68.3 Å². The van der Waals surface area contributed by atoms with Crippen LogP contribution in [0.5, 0.6) is 0 Å². The van der Waals surface area contributed by atoms with Crippen molar-refractivity contribution in [1.29, 1.82) is 0 Å². The normalized spacial score (nSPS) is 19.4. The van der Waals surface area contributed by atoms with Crippen molar-refractivity contribution in [3.8, 4) is 0 Å². The Morgan fingerprint density at radius 3 is 1.82 bits per heavy atom. The number of ether oxygens (including phenoxy) is 1. The van der Waals surface area contributed by atoms with Gasteiger partial charge in [-0.05, 0) is 7.05 Å². The molecule has 0 saturated carbocycles. The van der Waals surface area contributed by atoms with E-state index in [1.165, 1.54) is 0 Å². The van der Waals surface area contributed by atoms with Crippen LogP contribution in [0.15, 0.2) is 0 Å². The third kappa shape index (κ3) is 9.84. The van der Waals surface area contributed by atoms with Crippen LogP contribution >= 0.6 is 0 Å². The van der Waals surface area contributed by atoms with Gasteiger partial charge in [0.1, 0.15) is 0 Å². The van der Waals surface area contributed by atoms with Gasteiger partial charge in [-0.1, -0.05) is 0 Å². The Morgan fingerprint density at radius 2 is 1.64 bits per heavy atom. The molecule has 0 amide bonds. The van der Waals surface area contributed by atoms with E-state index in [1.807, 2.05) is 0 Å². The third-order valence-electron chi connectivity index (χ3n) is 1.23. The van der Waals surface area contributed by atoms with Gasteiger partial charge in [-0.15, -0.1) is 0 Å². The molecule has 0 atom stereocenters. The van der Waals surface area contributed by atoms with Crippen LogP contribution < -0.4 is 0 Å². The lowest BCUT2D eigenvalue weighted by atomic mass is 10.5. The van der Waals surface area contributed by atoms with Crippen LogP contribution in [-0.2, 0) is 4.74 Å². The first-order valence-corrected chi connectivity index (χ1v) is 3.75. The Hall–Kier alpha value is -0.160. The summed E-state index contributed by atoms with van der Waals surface area (Å²) in [7, 11) is 5.22. The predicted octanol–water partition coefficient (Wildman–Crippen LogP) is -0.114. The molecule has 4 heteroatoms. The predicted molar refractivity (Wildman–Crippen MR) is 43.8 cm³/mol. The zero-order valence-corrected chi connectivity index (χ0v) is 7.58. The highest BCUT2D eigenvalue weighted by Gasteiger charge is 2.02. The molecule has 1 aliphatic rings. The second kappa shape index (κ2) is 6.54. The molecule has 0 radical (unpaired) electrons. The quantitative estimate of drug-likeness (QED) is 0.504. The molecule has 4 nitrogen and oxygen atoms in total. The zero-order valence-electron chi connectivity index (χ0n) is 7.58. The maximum Gasteiger partial charge on any atom is 0.0594 e. The summed E-state index contributed by atoms with van der Waals surface area (Å²) in [5.74, 6) is 0. The van der Waals surface area contributed by atoms with Gasteiger partial charge in [0.05, 0.1) is 13.2 Å². The molecule has 1 rings (SSSR count). The van der Waals surface area contributed by atoms with Gasteiger partial charge in [0.2, 0.25) is 0 Å². The number of hydrogen-bond donors (Lipinski definition) is 1. The number of rotatable bonds is 0. The third-order valence-corrected chi connectivity index (χ3v) is 1.23. The highest BCUT2D eigenvalue weighted by molar-refractivity contribution is 4.53. The first-order valence-electron chi connectivity index (χ1n) is 3.75. The Balaban J connectivity index is 0.000000218. The van der Waals surface area contributed by atoms with Crippen molar-refractivity contribution in [2.75, 3.05) is 47.4 Å². The van der Waals surface area contributed by atoms with Gasteiger partial charge >= 0.3 is 0 Å². The van der Waals surface area contributed by atoms with E-state index in [0.717, 1.165) is 31.4 Å². The summed E-state index contributed by atoms with van der Waals surface area (Å²) in [5, 5.41) is 8.89. The Morgan fingerprint density at radius 1 is 1.27 bits per heavy atom. The van der Waals surface area contributed by atoms with Crippen molar-refractivity contribution in [1.82, 2.24) is 9.96 Å². The first-order chi connectivity index (χ1) is 5.13. The van der Waals surface area contributed by atoms with Crippen molar-refractivity contribution in [3.05, 3.63) is 0 Å². The molecule has 1 saturated heterocycles. The lowest BCUT2D eigenvalue weighted by molar-refractivity contribution is -0.0372. The molecule has 1 fully saturated rings. The average molecular weight is 162 g/mol. The van der Waals surface area contributed by atoms with Crippen LogP contribution in [0.2, 0.25) is 0 Å². The maximum atomic E-state index is 7.89. The maximum absolute atomic E-state index is 7.89. The van der Waals surface area contributed by atoms with E-state index in [4.69, 9.17) is 9.94 Å². The van der Waals surface area contributed by atoms with E-state index in [0.29, 0.717) is 0 Å².